The highest BCUT2D eigenvalue weighted by molar-refractivity contribution is 7.80. The number of benzene rings is 2. The zero-order valence-electron chi connectivity index (χ0n) is 16.5. The van der Waals surface area contributed by atoms with Gasteiger partial charge in [0.25, 0.3) is 11.8 Å². The van der Waals surface area contributed by atoms with E-state index < -0.39 is 11.8 Å². The Hall–Kier alpha value is -3.76. The van der Waals surface area contributed by atoms with Crippen LogP contribution in [0.2, 0.25) is 0 Å². The molecule has 7 heteroatoms. The van der Waals surface area contributed by atoms with Gasteiger partial charge in [-0.1, -0.05) is 35.9 Å². The summed E-state index contributed by atoms with van der Waals surface area (Å²) in [6.07, 6.45) is 3.34. The third-order valence-corrected chi connectivity index (χ3v) is 5.34. The molecule has 1 aromatic heterocycles. The Morgan fingerprint density at radius 2 is 1.93 bits per heavy atom. The Kier molecular flexibility index (Phi) is 4.94. The number of aryl methyl sites for hydroxylation is 2. The standard InChI is InChI=1S/C23H18N4O2S/c1-14-7-8-19(15(2)11-14)27-22(29)18(21(28)25-23(27)30)12-16-13-26(10-9-24)20-6-4-3-5-17(16)20/h3-8,11-13H,10H2,1-2H3,(H,25,28,30). The normalized spacial score (nSPS) is 15.6. The Labute approximate surface area is 179 Å². The number of aromatic nitrogens is 1. The first kappa shape index (κ1) is 19.6. The minimum Gasteiger partial charge on any atom is -0.333 e. The minimum atomic E-state index is -0.539. The van der Waals surface area contributed by atoms with Crippen molar-refractivity contribution in [3.8, 4) is 6.07 Å². The van der Waals surface area contributed by atoms with Crippen LogP contribution in [0.5, 0.6) is 0 Å². The summed E-state index contributed by atoms with van der Waals surface area (Å²) in [6, 6.07) is 15.4. The van der Waals surface area contributed by atoms with Crippen molar-refractivity contribution in [1.29, 1.82) is 5.26 Å². The summed E-state index contributed by atoms with van der Waals surface area (Å²) in [6.45, 7) is 4.04. The maximum atomic E-state index is 13.3. The molecule has 0 atom stereocenters. The van der Waals surface area contributed by atoms with E-state index in [1.165, 1.54) is 4.90 Å². The molecule has 3 aromatic rings. The van der Waals surface area contributed by atoms with Gasteiger partial charge in [0.1, 0.15) is 12.1 Å². The molecule has 0 bridgehead atoms. The molecule has 1 aliphatic heterocycles. The molecule has 0 radical (unpaired) electrons. The maximum absolute atomic E-state index is 13.3. The molecule has 2 amide bonds. The summed E-state index contributed by atoms with van der Waals surface area (Å²) in [5, 5.41) is 12.6. The van der Waals surface area contributed by atoms with Crippen molar-refractivity contribution in [3.63, 3.8) is 0 Å². The molecule has 2 aromatic carbocycles. The average molecular weight is 414 g/mol. The molecule has 1 fully saturated rings. The van der Waals surface area contributed by atoms with Crippen molar-refractivity contribution in [1.82, 2.24) is 9.88 Å². The minimum absolute atomic E-state index is 0.0107. The molecule has 2 heterocycles. The van der Waals surface area contributed by atoms with E-state index >= 15 is 0 Å². The van der Waals surface area contributed by atoms with Crippen LogP contribution < -0.4 is 10.2 Å². The van der Waals surface area contributed by atoms with Crippen molar-refractivity contribution in [2.45, 2.75) is 20.4 Å². The van der Waals surface area contributed by atoms with Crippen LogP contribution in [0.25, 0.3) is 17.0 Å². The summed E-state index contributed by atoms with van der Waals surface area (Å²) in [5.41, 5.74) is 4.12. The van der Waals surface area contributed by atoms with E-state index in [2.05, 4.69) is 11.4 Å². The van der Waals surface area contributed by atoms with Crippen molar-refractivity contribution < 1.29 is 9.59 Å². The van der Waals surface area contributed by atoms with Crippen LogP contribution in [0.1, 0.15) is 16.7 Å². The lowest BCUT2D eigenvalue weighted by Crippen LogP contribution is -2.54. The van der Waals surface area contributed by atoms with E-state index in [0.717, 1.165) is 22.0 Å². The van der Waals surface area contributed by atoms with Gasteiger partial charge >= 0.3 is 0 Å². The van der Waals surface area contributed by atoms with Crippen LogP contribution in [0, 0.1) is 25.2 Å². The first-order valence-corrected chi connectivity index (χ1v) is 9.75. The van der Waals surface area contributed by atoms with Gasteiger partial charge in [-0.15, -0.1) is 0 Å². The topological polar surface area (TPSA) is 78.1 Å². The molecular weight excluding hydrogens is 396 g/mol. The fourth-order valence-electron chi connectivity index (χ4n) is 3.69. The van der Waals surface area contributed by atoms with Crippen LogP contribution in [-0.4, -0.2) is 21.5 Å². The summed E-state index contributed by atoms with van der Waals surface area (Å²) in [4.78, 5) is 27.3. The van der Waals surface area contributed by atoms with Gasteiger partial charge < -0.3 is 4.57 Å². The van der Waals surface area contributed by atoms with E-state index in [-0.39, 0.29) is 17.2 Å². The van der Waals surface area contributed by atoms with Gasteiger partial charge in [-0.05, 0) is 49.8 Å². The largest absolute Gasteiger partial charge is 0.333 e. The van der Waals surface area contributed by atoms with E-state index in [1.807, 2.05) is 56.3 Å². The van der Waals surface area contributed by atoms with Crippen molar-refractivity contribution >= 4 is 51.8 Å². The van der Waals surface area contributed by atoms with Gasteiger partial charge in [0.15, 0.2) is 5.11 Å². The molecule has 0 unspecified atom stereocenters. The number of carbonyl (C=O) groups excluding carboxylic acids is 2. The quantitative estimate of drug-likeness (QED) is 0.403. The summed E-state index contributed by atoms with van der Waals surface area (Å²) < 4.78 is 1.79. The summed E-state index contributed by atoms with van der Waals surface area (Å²) >= 11 is 5.29. The molecule has 1 N–H and O–H groups in total. The highest BCUT2D eigenvalue weighted by Gasteiger charge is 2.35. The molecule has 6 nitrogen and oxygen atoms in total. The number of hydrogen-bond acceptors (Lipinski definition) is 4. The lowest BCUT2D eigenvalue weighted by Gasteiger charge is -2.30. The lowest BCUT2D eigenvalue weighted by molar-refractivity contribution is -0.122. The van der Waals surface area contributed by atoms with Gasteiger partial charge in [0.2, 0.25) is 0 Å². The number of hydrogen-bond donors (Lipinski definition) is 1. The van der Waals surface area contributed by atoms with Crippen LogP contribution >= 0.6 is 12.2 Å². The number of nitrogens with zero attached hydrogens (tertiary/aromatic N) is 3. The number of para-hydroxylation sites is 1. The first-order chi connectivity index (χ1) is 14.4. The van der Waals surface area contributed by atoms with E-state index in [1.54, 1.807) is 16.8 Å². The molecule has 0 spiro atoms. The van der Waals surface area contributed by atoms with Crippen LogP contribution in [-0.2, 0) is 16.1 Å². The highest BCUT2D eigenvalue weighted by atomic mass is 32.1. The van der Waals surface area contributed by atoms with Gasteiger partial charge in [-0.25, -0.2) is 0 Å². The van der Waals surface area contributed by atoms with Gasteiger partial charge in [-0.3, -0.25) is 19.8 Å². The second-order valence-electron chi connectivity index (χ2n) is 7.14. The molecule has 0 aliphatic carbocycles. The molecular formula is C23H18N4O2S. The number of amides is 2. The van der Waals surface area contributed by atoms with Gasteiger partial charge in [0, 0.05) is 22.7 Å². The smallest absolute Gasteiger partial charge is 0.270 e. The predicted molar refractivity (Wildman–Crippen MR) is 120 cm³/mol. The van der Waals surface area contributed by atoms with E-state index in [0.29, 0.717) is 11.3 Å². The molecule has 148 valence electrons. The number of rotatable bonds is 3. The second kappa shape index (κ2) is 7.58. The van der Waals surface area contributed by atoms with Crippen LogP contribution in [0.4, 0.5) is 5.69 Å². The van der Waals surface area contributed by atoms with E-state index in [4.69, 9.17) is 17.5 Å². The SMILES string of the molecule is Cc1ccc(N2C(=O)C(=Cc3cn(CC#N)c4ccccc34)C(=O)NC2=S)c(C)c1. The number of anilines is 1. The van der Waals surface area contributed by atoms with Gasteiger partial charge in [-0.2, -0.15) is 5.26 Å². The third-order valence-electron chi connectivity index (χ3n) is 5.06. The maximum Gasteiger partial charge on any atom is 0.270 e. The number of nitriles is 1. The van der Waals surface area contributed by atoms with Gasteiger partial charge in [0.05, 0.1) is 11.8 Å². The predicted octanol–water partition coefficient (Wildman–Crippen LogP) is 3.61. The zero-order chi connectivity index (χ0) is 21.4. The summed E-state index contributed by atoms with van der Waals surface area (Å²) in [7, 11) is 0. The monoisotopic (exact) mass is 414 g/mol. The lowest BCUT2D eigenvalue weighted by atomic mass is 10.0. The molecule has 4 rings (SSSR count). The average Bonchev–Trinajstić information content (AvgIpc) is 3.05. The van der Waals surface area contributed by atoms with Crippen molar-refractivity contribution in [2.24, 2.45) is 0 Å². The second-order valence-corrected chi connectivity index (χ2v) is 7.52. The fourth-order valence-corrected chi connectivity index (χ4v) is 3.96. The fraction of sp³-hybridized carbons (Fsp3) is 0.130. The van der Waals surface area contributed by atoms with Crippen molar-refractivity contribution in [3.05, 3.63) is 70.9 Å². The Bertz CT molecular complexity index is 1300. The zero-order valence-corrected chi connectivity index (χ0v) is 17.3. The molecule has 1 saturated heterocycles. The number of thiocarbonyl (C=S) groups is 1. The van der Waals surface area contributed by atoms with Crippen LogP contribution in [0.3, 0.4) is 0 Å². The van der Waals surface area contributed by atoms with Crippen LogP contribution in [0.15, 0.2) is 54.2 Å². The van der Waals surface area contributed by atoms with E-state index in [9.17, 15) is 9.59 Å². The van der Waals surface area contributed by atoms with Crippen molar-refractivity contribution in [2.75, 3.05) is 4.90 Å². The first-order valence-electron chi connectivity index (χ1n) is 9.34. The Morgan fingerprint density at radius 3 is 2.67 bits per heavy atom. The Morgan fingerprint density at radius 1 is 1.17 bits per heavy atom. The third kappa shape index (κ3) is 3.27. The summed E-state index contributed by atoms with van der Waals surface area (Å²) in [5.74, 6) is -1.02. The molecule has 0 saturated carbocycles. The Balaban J connectivity index is 1.83. The number of nitrogens with one attached hydrogen (secondary N) is 1. The molecule has 1 aliphatic rings. The molecule has 30 heavy (non-hydrogen) atoms. The number of carbonyl (C=O) groups is 2. The number of fused-ring (bicyclic) bond motifs is 1. The highest BCUT2D eigenvalue weighted by Crippen LogP contribution is 2.28.